The molecule has 1 aliphatic carbocycles. The van der Waals surface area contributed by atoms with E-state index in [0.717, 1.165) is 69.2 Å². The molecule has 4 aromatic rings. The van der Waals surface area contributed by atoms with Crippen LogP contribution >= 0.6 is 0 Å². The van der Waals surface area contributed by atoms with Crippen molar-refractivity contribution in [3.63, 3.8) is 0 Å². The number of rotatable bonds is 6. The van der Waals surface area contributed by atoms with Gasteiger partial charge in [0.05, 0.1) is 0 Å². The molecule has 40 heavy (non-hydrogen) atoms. The van der Waals surface area contributed by atoms with Crippen LogP contribution in [0.2, 0.25) is 0 Å². The summed E-state index contributed by atoms with van der Waals surface area (Å²) in [5, 5.41) is 20.5. The highest BCUT2D eigenvalue weighted by Gasteiger charge is 2.22. The van der Waals surface area contributed by atoms with Gasteiger partial charge in [0.1, 0.15) is 11.5 Å². The number of phenols is 2. The van der Waals surface area contributed by atoms with Crippen LogP contribution in [-0.2, 0) is 0 Å². The molecule has 0 atom stereocenters. The number of hydrogen-bond donors (Lipinski definition) is 2. The summed E-state index contributed by atoms with van der Waals surface area (Å²) in [6.07, 6.45) is 6.64. The Balaban J connectivity index is 1.70. The topological polar surface area (TPSA) is 46.9 Å². The molecular formula is C36H38N2O2. The quantitative estimate of drug-likeness (QED) is 0.260. The lowest BCUT2D eigenvalue weighted by molar-refractivity contribution is 0.470. The second-order valence-electron chi connectivity index (χ2n) is 11.0. The highest BCUT2D eigenvalue weighted by molar-refractivity contribution is 5.83. The summed E-state index contributed by atoms with van der Waals surface area (Å²) in [6, 6.07) is 24.6. The van der Waals surface area contributed by atoms with Crippen molar-refractivity contribution >= 4 is 28.4 Å². The lowest BCUT2D eigenvalue weighted by Gasteiger charge is -2.33. The fraction of sp³-hybridized carbons (Fsp3) is 0.222. The van der Waals surface area contributed by atoms with Gasteiger partial charge in [-0.25, -0.2) is 0 Å². The maximum atomic E-state index is 10.3. The third-order valence-corrected chi connectivity index (χ3v) is 7.68. The fourth-order valence-electron chi connectivity index (χ4n) is 5.43. The first-order chi connectivity index (χ1) is 19.1. The van der Waals surface area contributed by atoms with E-state index in [1.807, 2.05) is 32.0 Å². The molecular weight excluding hydrogens is 492 g/mol. The van der Waals surface area contributed by atoms with E-state index in [0.29, 0.717) is 11.5 Å². The van der Waals surface area contributed by atoms with Gasteiger partial charge in [-0.1, -0.05) is 23.8 Å². The number of hydrogen-bond acceptors (Lipinski definition) is 4. The van der Waals surface area contributed by atoms with Gasteiger partial charge in [-0.2, -0.15) is 0 Å². The molecule has 0 fully saturated rings. The van der Waals surface area contributed by atoms with Crippen molar-refractivity contribution in [3.8, 4) is 11.5 Å². The lowest BCUT2D eigenvalue weighted by Crippen LogP contribution is -2.19. The van der Waals surface area contributed by atoms with Crippen LogP contribution in [0.15, 0.2) is 96.2 Å². The van der Waals surface area contributed by atoms with Crippen molar-refractivity contribution in [1.29, 1.82) is 0 Å². The molecule has 0 bridgehead atoms. The summed E-state index contributed by atoms with van der Waals surface area (Å²) >= 11 is 0. The Morgan fingerprint density at radius 2 is 1.12 bits per heavy atom. The second kappa shape index (κ2) is 11.0. The largest absolute Gasteiger partial charge is 0.508 e. The first kappa shape index (κ1) is 27.1. The third kappa shape index (κ3) is 5.35. The lowest BCUT2D eigenvalue weighted by atomic mass is 10.00. The molecule has 1 aliphatic rings. The maximum absolute atomic E-state index is 10.3. The van der Waals surface area contributed by atoms with Gasteiger partial charge in [-0.05, 0) is 149 Å². The predicted molar refractivity (Wildman–Crippen MR) is 168 cm³/mol. The standard InChI is InChI=1S/C36H38N2O2/c1-23-9-7-11-29(17-23)37(31-13-15-35(39)27(5)19-31)33-21-26(4)34(22-25(33)3)38(30-12-8-10-24(2)18-30)32-14-16-36(40)28(6)20-32/h7,9,11-22,39-40H,8,10H2,1-6H3. The summed E-state index contributed by atoms with van der Waals surface area (Å²) in [4.78, 5) is 4.58. The van der Waals surface area contributed by atoms with E-state index in [2.05, 4.69) is 92.1 Å². The van der Waals surface area contributed by atoms with E-state index in [1.165, 1.54) is 11.1 Å². The summed E-state index contributed by atoms with van der Waals surface area (Å²) in [5.74, 6) is 0.592. The van der Waals surface area contributed by atoms with Crippen molar-refractivity contribution < 1.29 is 10.2 Å². The minimum Gasteiger partial charge on any atom is -0.508 e. The molecule has 4 nitrogen and oxygen atoms in total. The molecule has 4 heteroatoms. The van der Waals surface area contributed by atoms with Gasteiger partial charge in [-0.15, -0.1) is 0 Å². The predicted octanol–water partition coefficient (Wildman–Crippen LogP) is 9.87. The van der Waals surface area contributed by atoms with Gasteiger partial charge in [0.15, 0.2) is 0 Å². The van der Waals surface area contributed by atoms with Gasteiger partial charge in [0.25, 0.3) is 0 Å². The number of aromatic hydroxyl groups is 2. The van der Waals surface area contributed by atoms with Gasteiger partial charge >= 0.3 is 0 Å². The second-order valence-corrected chi connectivity index (χ2v) is 11.0. The van der Waals surface area contributed by atoms with Crippen LogP contribution < -0.4 is 9.80 Å². The van der Waals surface area contributed by atoms with Gasteiger partial charge in [-0.3, -0.25) is 0 Å². The Hall–Kier alpha value is -4.44. The highest BCUT2D eigenvalue weighted by atomic mass is 16.3. The van der Waals surface area contributed by atoms with E-state index >= 15 is 0 Å². The van der Waals surface area contributed by atoms with Crippen LogP contribution in [0.3, 0.4) is 0 Å². The molecule has 5 rings (SSSR count). The molecule has 0 spiro atoms. The minimum absolute atomic E-state index is 0.292. The number of phenolic OH excluding ortho intramolecular Hbond substituents is 2. The van der Waals surface area contributed by atoms with E-state index in [9.17, 15) is 10.2 Å². The average Bonchev–Trinajstić information content (AvgIpc) is 2.91. The summed E-state index contributed by atoms with van der Waals surface area (Å²) in [5.41, 5.74) is 12.9. The number of anilines is 5. The highest BCUT2D eigenvalue weighted by Crippen LogP contribution is 2.43. The van der Waals surface area contributed by atoms with Crippen molar-refractivity contribution in [2.75, 3.05) is 9.80 Å². The maximum Gasteiger partial charge on any atom is 0.118 e. The Labute approximate surface area is 238 Å². The molecule has 0 unspecified atom stereocenters. The number of nitrogens with zero attached hydrogens (tertiary/aromatic N) is 2. The molecule has 0 amide bonds. The smallest absolute Gasteiger partial charge is 0.118 e. The average molecular weight is 531 g/mol. The van der Waals surface area contributed by atoms with E-state index in [1.54, 1.807) is 12.1 Å². The zero-order chi connectivity index (χ0) is 28.6. The van der Waals surface area contributed by atoms with Crippen LogP contribution in [0.4, 0.5) is 28.4 Å². The molecule has 204 valence electrons. The van der Waals surface area contributed by atoms with E-state index in [-0.39, 0.29) is 0 Å². The molecule has 0 heterocycles. The zero-order valence-electron chi connectivity index (χ0n) is 24.3. The molecule has 4 aromatic carbocycles. The molecule has 2 N–H and O–H groups in total. The summed E-state index contributed by atoms with van der Waals surface area (Å²) in [6.45, 7) is 12.5. The Morgan fingerprint density at radius 3 is 1.68 bits per heavy atom. The molecule has 0 radical (unpaired) electrons. The van der Waals surface area contributed by atoms with Crippen molar-refractivity contribution in [1.82, 2.24) is 0 Å². The van der Waals surface area contributed by atoms with Crippen molar-refractivity contribution in [3.05, 3.63) is 124 Å². The van der Waals surface area contributed by atoms with Crippen LogP contribution in [0.1, 0.15) is 47.6 Å². The fourth-order valence-corrected chi connectivity index (χ4v) is 5.43. The molecule has 0 aliphatic heterocycles. The third-order valence-electron chi connectivity index (χ3n) is 7.68. The first-order valence-corrected chi connectivity index (χ1v) is 13.9. The van der Waals surface area contributed by atoms with E-state index < -0.39 is 0 Å². The van der Waals surface area contributed by atoms with E-state index in [4.69, 9.17) is 0 Å². The molecule has 0 saturated heterocycles. The zero-order valence-corrected chi connectivity index (χ0v) is 24.3. The SMILES string of the molecule is CC1=CC(N(c2ccc(O)c(C)c2)c2cc(C)c(N(c3cccc(C)c3)c3ccc(O)c(C)c3)cc2C)=CCC1. The van der Waals surface area contributed by atoms with Gasteiger partial charge < -0.3 is 20.0 Å². The van der Waals surface area contributed by atoms with Crippen LogP contribution in [0, 0.1) is 34.6 Å². The number of allylic oxidation sites excluding steroid dienone is 3. The Bertz CT molecular complexity index is 1650. The molecule has 0 aromatic heterocycles. The summed E-state index contributed by atoms with van der Waals surface area (Å²) in [7, 11) is 0. The minimum atomic E-state index is 0.292. The van der Waals surface area contributed by atoms with Crippen LogP contribution in [0.5, 0.6) is 11.5 Å². The number of aryl methyl sites for hydroxylation is 5. The van der Waals surface area contributed by atoms with Crippen molar-refractivity contribution in [2.45, 2.75) is 54.4 Å². The monoisotopic (exact) mass is 530 g/mol. The Kier molecular flexibility index (Phi) is 7.44. The van der Waals surface area contributed by atoms with Crippen LogP contribution in [-0.4, -0.2) is 10.2 Å². The van der Waals surface area contributed by atoms with Gasteiger partial charge in [0.2, 0.25) is 0 Å². The van der Waals surface area contributed by atoms with Crippen LogP contribution in [0.25, 0.3) is 0 Å². The number of benzene rings is 4. The molecule has 0 saturated carbocycles. The Morgan fingerprint density at radius 1 is 0.575 bits per heavy atom. The van der Waals surface area contributed by atoms with Crippen molar-refractivity contribution in [2.24, 2.45) is 0 Å². The normalized spacial score (nSPS) is 13.1. The van der Waals surface area contributed by atoms with Gasteiger partial charge in [0, 0.05) is 34.1 Å². The summed E-state index contributed by atoms with van der Waals surface area (Å²) < 4.78 is 0. The first-order valence-electron chi connectivity index (χ1n) is 13.9.